The molecule has 0 unspecified atom stereocenters. The summed E-state index contributed by atoms with van der Waals surface area (Å²) in [6.07, 6.45) is 7.63. The van der Waals surface area contributed by atoms with E-state index in [0.717, 1.165) is 17.3 Å². The van der Waals surface area contributed by atoms with Crippen molar-refractivity contribution in [3.63, 3.8) is 0 Å². The maximum Gasteiger partial charge on any atom is 0.193 e. The van der Waals surface area contributed by atoms with Crippen LogP contribution >= 0.6 is 11.3 Å². The monoisotopic (exact) mass is 263 g/mol. The molecule has 0 bridgehead atoms. The molecule has 0 radical (unpaired) electrons. The highest BCUT2D eigenvalue weighted by Crippen LogP contribution is 2.17. The quantitative estimate of drug-likeness (QED) is 0.726. The van der Waals surface area contributed by atoms with Gasteiger partial charge in [0.25, 0.3) is 0 Å². The van der Waals surface area contributed by atoms with Crippen molar-refractivity contribution in [1.82, 2.24) is 19.2 Å². The maximum absolute atomic E-state index is 8.80. The fourth-order valence-corrected chi connectivity index (χ4v) is 2.60. The van der Waals surface area contributed by atoms with Crippen LogP contribution in [-0.4, -0.2) is 30.9 Å². The van der Waals surface area contributed by atoms with E-state index in [1.807, 2.05) is 22.9 Å². The van der Waals surface area contributed by atoms with Gasteiger partial charge < -0.3 is 10.4 Å². The van der Waals surface area contributed by atoms with E-state index in [1.165, 1.54) is 4.88 Å². The van der Waals surface area contributed by atoms with Crippen LogP contribution in [0.2, 0.25) is 0 Å². The number of aliphatic hydroxyl groups excluding tert-OH is 1. The lowest BCUT2D eigenvalue weighted by molar-refractivity contribution is 0.269. The topological polar surface area (TPSA) is 67.4 Å². The third kappa shape index (κ3) is 2.22. The van der Waals surface area contributed by atoms with E-state index in [9.17, 15) is 0 Å². The molecule has 0 fully saturated rings. The Labute approximate surface area is 108 Å². The van der Waals surface area contributed by atoms with E-state index in [2.05, 4.69) is 21.6 Å². The molecule has 0 spiro atoms. The lowest BCUT2D eigenvalue weighted by atomic mass is 10.5. The van der Waals surface area contributed by atoms with Crippen molar-refractivity contribution in [3.8, 4) is 0 Å². The van der Waals surface area contributed by atoms with Crippen molar-refractivity contribution in [2.75, 3.05) is 11.9 Å². The largest absolute Gasteiger partial charge is 0.394 e. The van der Waals surface area contributed by atoms with Crippen LogP contribution in [-0.2, 0) is 13.1 Å². The summed E-state index contributed by atoms with van der Waals surface area (Å²) in [5.41, 5.74) is 0. The van der Waals surface area contributed by atoms with Gasteiger partial charge in [-0.1, -0.05) is 11.3 Å². The molecule has 3 rings (SSSR count). The number of rotatable bonds is 5. The van der Waals surface area contributed by atoms with Crippen molar-refractivity contribution >= 4 is 22.1 Å². The first-order valence-corrected chi connectivity index (χ1v) is 6.46. The highest BCUT2D eigenvalue weighted by Gasteiger charge is 2.03. The Bertz CT molecular complexity index is 612. The molecule has 0 atom stereocenters. The summed E-state index contributed by atoms with van der Waals surface area (Å²) in [5, 5.41) is 16.3. The second-order valence-corrected chi connectivity index (χ2v) is 4.95. The highest BCUT2D eigenvalue weighted by atomic mass is 32.1. The smallest absolute Gasteiger partial charge is 0.193 e. The second kappa shape index (κ2) is 4.79. The number of imidazole rings is 1. The van der Waals surface area contributed by atoms with Crippen LogP contribution in [0.25, 0.3) is 4.96 Å². The van der Waals surface area contributed by atoms with Crippen LogP contribution in [0.5, 0.6) is 0 Å². The van der Waals surface area contributed by atoms with Gasteiger partial charge in [-0.3, -0.25) is 9.08 Å². The van der Waals surface area contributed by atoms with Crippen LogP contribution in [0.15, 0.2) is 30.9 Å². The summed E-state index contributed by atoms with van der Waals surface area (Å²) in [4.78, 5) is 6.43. The van der Waals surface area contributed by atoms with Crippen molar-refractivity contribution in [3.05, 3.63) is 35.7 Å². The minimum Gasteiger partial charge on any atom is -0.394 e. The molecule has 3 aromatic rings. The Morgan fingerprint density at radius 3 is 3.17 bits per heavy atom. The van der Waals surface area contributed by atoms with E-state index in [1.54, 1.807) is 22.2 Å². The number of aromatic nitrogens is 4. The zero-order valence-electron chi connectivity index (χ0n) is 9.65. The average Bonchev–Trinajstić information content (AvgIpc) is 3.00. The van der Waals surface area contributed by atoms with E-state index in [-0.39, 0.29) is 6.61 Å². The number of aliphatic hydroxyl groups is 1. The van der Waals surface area contributed by atoms with Crippen LogP contribution in [0.1, 0.15) is 4.88 Å². The summed E-state index contributed by atoms with van der Waals surface area (Å²) in [6.45, 7) is 1.35. The molecule has 6 nitrogen and oxygen atoms in total. The van der Waals surface area contributed by atoms with Crippen LogP contribution in [0.3, 0.4) is 0 Å². The number of anilines is 1. The van der Waals surface area contributed by atoms with Crippen molar-refractivity contribution in [1.29, 1.82) is 0 Å². The van der Waals surface area contributed by atoms with E-state index in [4.69, 9.17) is 5.11 Å². The van der Waals surface area contributed by atoms with Gasteiger partial charge in [0.05, 0.1) is 19.7 Å². The molecule has 0 saturated carbocycles. The lowest BCUT2D eigenvalue weighted by Gasteiger charge is -2.00. The molecule has 0 aliphatic carbocycles. The standard InChI is InChI=1S/C11H13N5OS/c17-6-5-16-3-1-10(14-16)13-7-9-8-15-4-2-12-11(15)18-9/h1-4,8,17H,5-7H2,(H,13,14). The lowest BCUT2D eigenvalue weighted by Crippen LogP contribution is -2.04. The number of nitrogens with one attached hydrogen (secondary N) is 1. The summed E-state index contributed by atoms with van der Waals surface area (Å²) >= 11 is 1.66. The minimum absolute atomic E-state index is 0.100. The number of hydrogen-bond donors (Lipinski definition) is 2. The predicted octanol–water partition coefficient (Wildman–Crippen LogP) is 1.20. The Balaban J connectivity index is 1.64. The van der Waals surface area contributed by atoms with E-state index < -0.39 is 0 Å². The van der Waals surface area contributed by atoms with Gasteiger partial charge in [0.15, 0.2) is 4.96 Å². The predicted molar refractivity (Wildman–Crippen MR) is 69.7 cm³/mol. The van der Waals surface area contributed by atoms with Gasteiger partial charge in [-0.05, 0) is 0 Å². The van der Waals surface area contributed by atoms with Crippen LogP contribution in [0.4, 0.5) is 5.82 Å². The number of hydrogen-bond acceptors (Lipinski definition) is 5. The number of nitrogens with zero attached hydrogens (tertiary/aromatic N) is 4. The molecule has 18 heavy (non-hydrogen) atoms. The van der Waals surface area contributed by atoms with Gasteiger partial charge in [-0.2, -0.15) is 5.10 Å². The fraction of sp³-hybridized carbons (Fsp3) is 0.273. The molecule has 0 aliphatic rings. The molecule has 0 aliphatic heterocycles. The first kappa shape index (κ1) is 11.2. The molecule has 94 valence electrons. The van der Waals surface area contributed by atoms with Gasteiger partial charge in [0.2, 0.25) is 0 Å². The van der Waals surface area contributed by atoms with Gasteiger partial charge in [-0.25, -0.2) is 4.98 Å². The normalized spacial score (nSPS) is 11.2. The molecule has 0 aromatic carbocycles. The Hall–Kier alpha value is -1.86. The third-order valence-electron chi connectivity index (χ3n) is 2.55. The number of fused-ring (bicyclic) bond motifs is 1. The van der Waals surface area contributed by atoms with Gasteiger partial charge in [-0.15, -0.1) is 0 Å². The van der Waals surface area contributed by atoms with Crippen molar-refractivity contribution in [2.24, 2.45) is 0 Å². The Morgan fingerprint density at radius 2 is 2.33 bits per heavy atom. The van der Waals surface area contributed by atoms with Gasteiger partial charge >= 0.3 is 0 Å². The average molecular weight is 263 g/mol. The van der Waals surface area contributed by atoms with Crippen LogP contribution < -0.4 is 5.32 Å². The summed E-state index contributed by atoms with van der Waals surface area (Å²) in [5.74, 6) is 0.814. The summed E-state index contributed by atoms with van der Waals surface area (Å²) in [6, 6.07) is 1.90. The maximum atomic E-state index is 8.80. The van der Waals surface area contributed by atoms with Crippen molar-refractivity contribution < 1.29 is 5.11 Å². The highest BCUT2D eigenvalue weighted by molar-refractivity contribution is 7.17. The summed E-state index contributed by atoms with van der Waals surface area (Å²) in [7, 11) is 0. The first-order valence-electron chi connectivity index (χ1n) is 5.65. The molecule has 7 heteroatoms. The SMILES string of the molecule is OCCn1ccc(NCc2cn3ccnc3s2)n1. The van der Waals surface area contributed by atoms with Gasteiger partial charge in [0.1, 0.15) is 5.82 Å². The first-order chi connectivity index (χ1) is 8.85. The molecule has 0 saturated heterocycles. The van der Waals surface area contributed by atoms with E-state index >= 15 is 0 Å². The molecule has 2 N–H and O–H groups in total. The molecular weight excluding hydrogens is 250 g/mol. The Morgan fingerprint density at radius 1 is 1.39 bits per heavy atom. The van der Waals surface area contributed by atoms with E-state index in [0.29, 0.717) is 6.54 Å². The Kier molecular flexibility index (Phi) is 2.99. The van der Waals surface area contributed by atoms with Crippen molar-refractivity contribution in [2.45, 2.75) is 13.1 Å². The minimum atomic E-state index is 0.100. The zero-order valence-corrected chi connectivity index (χ0v) is 10.5. The zero-order chi connectivity index (χ0) is 12.4. The van der Waals surface area contributed by atoms with Crippen LogP contribution in [0, 0.1) is 0 Å². The second-order valence-electron chi connectivity index (χ2n) is 3.86. The summed E-state index contributed by atoms with van der Waals surface area (Å²) < 4.78 is 3.72. The molecule has 3 aromatic heterocycles. The molecular formula is C11H13N5OS. The number of thiazole rings is 1. The fourth-order valence-electron chi connectivity index (χ4n) is 1.72. The molecule has 3 heterocycles. The van der Waals surface area contributed by atoms with Gasteiger partial charge in [0, 0.05) is 35.7 Å². The molecule has 0 amide bonds. The third-order valence-corrected chi connectivity index (χ3v) is 3.56.